The molecule has 0 bridgehead atoms. The molecule has 124 valence electrons. The predicted molar refractivity (Wildman–Crippen MR) is 94.4 cm³/mol. The lowest BCUT2D eigenvalue weighted by Gasteiger charge is -2.08. The fourth-order valence-corrected chi connectivity index (χ4v) is 3.25. The van der Waals surface area contributed by atoms with Crippen molar-refractivity contribution in [1.82, 2.24) is 25.1 Å². The van der Waals surface area contributed by atoms with Gasteiger partial charge in [-0.25, -0.2) is 0 Å². The van der Waals surface area contributed by atoms with Crippen LogP contribution < -0.4 is 5.32 Å². The summed E-state index contributed by atoms with van der Waals surface area (Å²) in [7, 11) is 0. The first-order valence-corrected chi connectivity index (χ1v) is 8.60. The van der Waals surface area contributed by atoms with E-state index < -0.39 is 0 Å². The molecule has 0 aliphatic heterocycles. The summed E-state index contributed by atoms with van der Waals surface area (Å²) in [6.45, 7) is 1.20. The second-order valence-electron chi connectivity index (χ2n) is 6.20. The normalized spacial score (nSPS) is 14.2. The number of rotatable bonds is 6. The van der Waals surface area contributed by atoms with E-state index in [9.17, 15) is 4.79 Å². The van der Waals surface area contributed by atoms with E-state index in [2.05, 4.69) is 20.5 Å². The van der Waals surface area contributed by atoms with E-state index in [0.717, 1.165) is 22.3 Å². The molecule has 4 rings (SSSR count). The highest BCUT2D eigenvalue weighted by molar-refractivity contribution is 7.71. The molecule has 0 radical (unpaired) electrons. The van der Waals surface area contributed by atoms with Crippen LogP contribution >= 0.6 is 12.2 Å². The number of nitrogens with zero attached hydrogens (tertiary/aromatic N) is 2. The molecule has 1 aromatic carbocycles. The average Bonchev–Trinajstić information content (AvgIpc) is 3.26. The summed E-state index contributed by atoms with van der Waals surface area (Å²) in [5.41, 5.74) is 2.07. The number of amides is 1. The number of aromatic nitrogens is 4. The number of hydrogen-bond donors (Lipinski definition) is 3. The molecule has 0 atom stereocenters. The Bertz CT molecular complexity index is 934. The van der Waals surface area contributed by atoms with Crippen molar-refractivity contribution in [1.29, 1.82) is 0 Å². The maximum atomic E-state index is 12.2. The van der Waals surface area contributed by atoms with E-state index in [1.54, 1.807) is 0 Å². The first-order chi connectivity index (χ1) is 11.7. The highest BCUT2D eigenvalue weighted by Crippen LogP contribution is 2.38. The first-order valence-electron chi connectivity index (χ1n) is 8.19. The number of para-hydroxylation sites is 1. The first kappa shape index (κ1) is 15.1. The molecule has 1 saturated carbocycles. The summed E-state index contributed by atoms with van der Waals surface area (Å²) in [5, 5.41) is 11.2. The van der Waals surface area contributed by atoms with Crippen molar-refractivity contribution in [2.45, 2.75) is 31.7 Å². The van der Waals surface area contributed by atoms with E-state index in [0.29, 0.717) is 30.2 Å². The standard InChI is InChI=1S/C17H19N5OS/c23-15(9-12-10-19-14-4-2-1-3-13(12)14)18-7-8-22-16(11-5-6-11)20-21-17(22)24/h1-4,10-11,19H,5-9H2,(H,18,23)(H,21,24). The van der Waals surface area contributed by atoms with Crippen LogP contribution in [-0.2, 0) is 17.8 Å². The van der Waals surface area contributed by atoms with Gasteiger partial charge in [-0.05, 0) is 36.7 Å². The van der Waals surface area contributed by atoms with Crippen LogP contribution in [0.1, 0.15) is 30.1 Å². The fourth-order valence-electron chi connectivity index (χ4n) is 3.02. The Labute approximate surface area is 144 Å². The van der Waals surface area contributed by atoms with E-state index in [-0.39, 0.29) is 5.91 Å². The molecule has 1 aliphatic rings. The van der Waals surface area contributed by atoms with Crippen LogP contribution in [-0.4, -0.2) is 32.2 Å². The van der Waals surface area contributed by atoms with Crippen LogP contribution in [0.2, 0.25) is 0 Å². The van der Waals surface area contributed by atoms with Crippen LogP contribution in [0.25, 0.3) is 10.9 Å². The van der Waals surface area contributed by atoms with Crippen molar-refractivity contribution in [3.63, 3.8) is 0 Å². The molecule has 3 aromatic rings. The molecule has 1 fully saturated rings. The molecule has 6 nitrogen and oxygen atoms in total. The van der Waals surface area contributed by atoms with Crippen LogP contribution in [0.4, 0.5) is 0 Å². The number of carbonyl (C=O) groups excluding carboxylic acids is 1. The van der Waals surface area contributed by atoms with Gasteiger partial charge in [0.1, 0.15) is 5.82 Å². The van der Waals surface area contributed by atoms with Gasteiger partial charge >= 0.3 is 0 Å². The van der Waals surface area contributed by atoms with Crippen LogP contribution in [0, 0.1) is 4.77 Å². The van der Waals surface area contributed by atoms with Crippen molar-refractivity contribution in [2.24, 2.45) is 0 Å². The number of hydrogen-bond acceptors (Lipinski definition) is 3. The lowest BCUT2D eigenvalue weighted by Crippen LogP contribution is -2.29. The highest BCUT2D eigenvalue weighted by atomic mass is 32.1. The molecule has 24 heavy (non-hydrogen) atoms. The van der Waals surface area contributed by atoms with E-state index in [4.69, 9.17) is 12.2 Å². The Morgan fingerprint density at radius 2 is 2.21 bits per heavy atom. The molecule has 0 spiro atoms. The smallest absolute Gasteiger partial charge is 0.224 e. The van der Waals surface area contributed by atoms with Gasteiger partial charge in [-0.15, -0.1) is 0 Å². The number of nitrogens with one attached hydrogen (secondary N) is 3. The number of aromatic amines is 2. The largest absolute Gasteiger partial charge is 0.361 e. The SMILES string of the molecule is O=C(Cc1c[nH]c2ccccc12)NCCn1c(C2CC2)n[nH]c1=S. The monoisotopic (exact) mass is 341 g/mol. The van der Waals surface area contributed by atoms with Crippen molar-refractivity contribution >= 4 is 29.0 Å². The minimum Gasteiger partial charge on any atom is -0.361 e. The zero-order chi connectivity index (χ0) is 16.5. The van der Waals surface area contributed by atoms with Gasteiger partial charge in [0.05, 0.1) is 6.42 Å². The van der Waals surface area contributed by atoms with E-state index in [1.165, 1.54) is 12.8 Å². The molecule has 1 amide bonds. The van der Waals surface area contributed by atoms with Crippen molar-refractivity contribution < 1.29 is 4.79 Å². The quantitative estimate of drug-likeness (QED) is 0.603. The Hall–Kier alpha value is -2.41. The fraction of sp³-hybridized carbons (Fsp3) is 0.353. The molecular formula is C17H19N5OS. The number of fused-ring (bicyclic) bond motifs is 1. The molecule has 0 saturated heterocycles. The van der Waals surface area contributed by atoms with Crippen molar-refractivity contribution in [2.75, 3.05) is 6.54 Å². The van der Waals surface area contributed by atoms with E-state index in [1.807, 2.05) is 35.0 Å². The molecule has 3 N–H and O–H groups in total. The molecule has 2 heterocycles. The Morgan fingerprint density at radius 3 is 3.04 bits per heavy atom. The molecule has 2 aromatic heterocycles. The van der Waals surface area contributed by atoms with Crippen LogP contribution in [0.3, 0.4) is 0 Å². The molecule has 0 unspecified atom stereocenters. The second-order valence-corrected chi connectivity index (χ2v) is 6.59. The Balaban J connectivity index is 1.36. The molecule has 1 aliphatic carbocycles. The average molecular weight is 341 g/mol. The minimum absolute atomic E-state index is 0.0164. The third kappa shape index (κ3) is 2.99. The number of H-pyrrole nitrogens is 2. The topological polar surface area (TPSA) is 78.5 Å². The lowest BCUT2D eigenvalue weighted by molar-refractivity contribution is -0.120. The van der Waals surface area contributed by atoms with Gasteiger partial charge in [-0.1, -0.05) is 18.2 Å². The maximum absolute atomic E-state index is 12.2. The number of benzene rings is 1. The van der Waals surface area contributed by atoms with Crippen LogP contribution in [0.5, 0.6) is 0 Å². The summed E-state index contributed by atoms with van der Waals surface area (Å²) in [6.07, 6.45) is 4.62. The maximum Gasteiger partial charge on any atom is 0.224 e. The highest BCUT2D eigenvalue weighted by Gasteiger charge is 2.28. The van der Waals surface area contributed by atoms with Crippen molar-refractivity contribution in [3.8, 4) is 0 Å². The van der Waals surface area contributed by atoms with Gasteiger partial charge < -0.3 is 14.9 Å². The summed E-state index contributed by atoms with van der Waals surface area (Å²) >= 11 is 5.27. The summed E-state index contributed by atoms with van der Waals surface area (Å²) in [6, 6.07) is 8.00. The molecular weight excluding hydrogens is 322 g/mol. The third-order valence-electron chi connectivity index (χ3n) is 4.41. The lowest BCUT2D eigenvalue weighted by atomic mass is 10.1. The third-order valence-corrected chi connectivity index (χ3v) is 4.73. The predicted octanol–water partition coefficient (Wildman–Crippen LogP) is 2.66. The Morgan fingerprint density at radius 1 is 1.38 bits per heavy atom. The summed E-state index contributed by atoms with van der Waals surface area (Å²) < 4.78 is 2.63. The zero-order valence-corrected chi connectivity index (χ0v) is 14.0. The molecule has 7 heteroatoms. The summed E-state index contributed by atoms with van der Waals surface area (Å²) in [4.78, 5) is 15.4. The van der Waals surface area contributed by atoms with Gasteiger partial charge in [0, 0.05) is 36.1 Å². The van der Waals surface area contributed by atoms with Gasteiger partial charge in [0.25, 0.3) is 0 Å². The van der Waals surface area contributed by atoms with Gasteiger partial charge in [-0.3, -0.25) is 9.89 Å². The summed E-state index contributed by atoms with van der Waals surface area (Å²) in [5.74, 6) is 1.56. The van der Waals surface area contributed by atoms with Crippen molar-refractivity contribution in [3.05, 3.63) is 46.6 Å². The van der Waals surface area contributed by atoms with Gasteiger partial charge in [-0.2, -0.15) is 5.10 Å². The number of carbonyl (C=O) groups is 1. The Kier molecular flexibility index (Phi) is 3.93. The van der Waals surface area contributed by atoms with Gasteiger partial charge in [0.2, 0.25) is 5.91 Å². The van der Waals surface area contributed by atoms with E-state index >= 15 is 0 Å². The van der Waals surface area contributed by atoms with Crippen LogP contribution in [0.15, 0.2) is 30.5 Å². The zero-order valence-electron chi connectivity index (χ0n) is 13.2. The minimum atomic E-state index is 0.0164. The van der Waals surface area contributed by atoms with Gasteiger partial charge in [0.15, 0.2) is 4.77 Å². The second kappa shape index (κ2) is 6.24.